The Morgan fingerprint density at radius 2 is 2.39 bits per heavy atom. The van der Waals surface area contributed by atoms with E-state index >= 15 is 0 Å². The van der Waals surface area contributed by atoms with Crippen LogP contribution in [0.5, 0.6) is 0 Å². The zero-order chi connectivity index (χ0) is 12.4. The van der Waals surface area contributed by atoms with Crippen molar-refractivity contribution in [3.05, 3.63) is 17.5 Å². The Kier molecular flexibility index (Phi) is 3.63. The van der Waals surface area contributed by atoms with Gasteiger partial charge < -0.3 is 9.84 Å². The molecule has 1 unspecified atom stereocenters. The predicted octanol–water partition coefficient (Wildman–Crippen LogP) is 0.674. The molecule has 100 valence electrons. The van der Waals surface area contributed by atoms with Gasteiger partial charge in [-0.25, -0.2) is 0 Å². The molecule has 1 N–H and O–H groups in total. The molecule has 0 amide bonds. The van der Waals surface area contributed by atoms with Gasteiger partial charge in [0, 0.05) is 38.3 Å². The molecule has 1 aromatic heterocycles. The Hall–Kier alpha value is -0.910. The minimum absolute atomic E-state index is 0.776. The lowest BCUT2D eigenvalue weighted by Gasteiger charge is -2.36. The average Bonchev–Trinajstić information content (AvgIpc) is 2.98. The van der Waals surface area contributed by atoms with Crippen LogP contribution in [0.2, 0.25) is 0 Å². The van der Waals surface area contributed by atoms with Gasteiger partial charge in [-0.15, -0.1) is 0 Å². The zero-order valence-electron chi connectivity index (χ0n) is 11.1. The fourth-order valence-electron chi connectivity index (χ4n) is 3.11. The van der Waals surface area contributed by atoms with Crippen molar-refractivity contribution in [3.8, 4) is 0 Å². The summed E-state index contributed by atoms with van der Waals surface area (Å²) >= 11 is 0. The minimum Gasteiger partial charge on any atom is -0.360 e. The van der Waals surface area contributed by atoms with Gasteiger partial charge in [0.2, 0.25) is 0 Å². The van der Waals surface area contributed by atoms with E-state index in [0.29, 0.717) is 0 Å². The van der Waals surface area contributed by atoms with E-state index < -0.39 is 0 Å². The van der Waals surface area contributed by atoms with Gasteiger partial charge in [-0.05, 0) is 26.4 Å². The molecular weight excluding hydrogens is 228 g/mol. The molecule has 0 bridgehead atoms. The fourth-order valence-corrected chi connectivity index (χ4v) is 3.11. The number of piperazine rings is 1. The summed E-state index contributed by atoms with van der Waals surface area (Å²) in [6.07, 6.45) is 2.73. The van der Waals surface area contributed by atoms with Crippen molar-refractivity contribution < 1.29 is 4.52 Å². The molecule has 0 aromatic carbocycles. The molecule has 2 saturated heterocycles. The van der Waals surface area contributed by atoms with Gasteiger partial charge in [-0.1, -0.05) is 5.16 Å². The third-order valence-electron chi connectivity index (χ3n) is 4.02. The van der Waals surface area contributed by atoms with Gasteiger partial charge in [0.15, 0.2) is 5.76 Å². The van der Waals surface area contributed by atoms with Crippen LogP contribution in [0.25, 0.3) is 0 Å². The number of rotatable bonds is 4. The SMILES string of the molecule is CNCc1cc(CN2CCN3CCCC3C2)on1. The van der Waals surface area contributed by atoms with Gasteiger partial charge in [-0.2, -0.15) is 0 Å². The number of nitrogens with zero attached hydrogens (tertiary/aromatic N) is 3. The molecule has 2 fully saturated rings. The molecule has 1 aromatic rings. The van der Waals surface area contributed by atoms with Crippen LogP contribution in [0, 0.1) is 0 Å². The van der Waals surface area contributed by atoms with E-state index in [2.05, 4.69) is 26.3 Å². The topological polar surface area (TPSA) is 44.5 Å². The van der Waals surface area contributed by atoms with Crippen LogP contribution in [-0.2, 0) is 13.1 Å². The first-order valence-corrected chi connectivity index (χ1v) is 6.90. The molecule has 1 atom stereocenters. The fraction of sp³-hybridized carbons (Fsp3) is 0.769. The first kappa shape index (κ1) is 12.1. The van der Waals surface area contributed by atoms with E-state index in [1.165, 1.54) is 32.5 Å². The van der Waals surface area contributed by atoms with E-state index in [1.807, 2.05) is 7.05 Å². The monoisotopic (exact) mass is 250 g/mol. The summed E-state index contributed by atoms with van der Waals surface area (Å²) < 4.78 is 5.39. The summed E-state index contributed by atoms with van der Waals surface area (Å²) in [6, 6.07) is 2.84. The Bertz CT molecular complexity index is 392. The predicted molar refractivity (Wildman–Crippen MR) is 69.1 cm³/mol. The first-order valence-electron chi connectivity index (χ1n) is 6.90. The molecule has 0 spiro atoms. The summed E-state index contributed by atoms with van der Waals surface area (Å²) in [5.41, 5.74) is 0.993. The normalized spacial score (nSPS) is 25.5. The van der Waals surface area contributed by atoms with Crippen LogP contribution in [-0.4, -0.2) is 54.2 Å². The van der Waals surface area contributed by atoms with Crippen LogP contribution >= 0.6 is 0 Å². The van der Waals surface area contributed by atoms with Crippen molar-refractivity contribution in [2.75, 3.05) is 33.2 Å². The molecule has 0 saturated carbocycles. The molecule has 2 aliphatic rings. The summed E-state index contributed by atoms with van der Waals surface area (Å²) in [4.78, 5) is 5.12. The highest BCUT2D eigenvalue weighted by Gasteiger charge is 2.30. The summed E-state index contributed by atoms with van der Waals surface area (Å²) in [5, 5.41) is 7.15. The second-order valence-electron chi connectivity index (χ2n) is 5.38. The van der Waals surface area contributed by atoms with Gasteiger partial charge in [0.05, 0.1) is 12.2 Å². The Morgan fingerprint density at radius 3 is 3.28 bits per heavy atom. The second kappa shape index (κ2) is 5.38. The van der Waals surface area contributed by atoms with Gasteiger partial charge in [0.25, 0.3) is 0 Å². The quantitative estimate of drug-likeness (QED) is 0.851. The largest absolute Gasteiger partial charge is 0.360 e. The molecule has 2 aliphatic heterocycles. The minimum atomic E-state index is 0.776. The molecule has 18 heavy (non-hydrogen) atoms. The molecular formula is C13H22N4O. The Balaban J connectivity index is 1.55. The van der Waals surface area contributed by atoms with Crippen molar-refractivity contribution in [1.29, 1.82) is 0 Å². The van der Waals surface area contributed by atoms with Crippen LogP contribution in [0.15, 0.2) is 10.6 Å². The van der Waals surface area contributed by atoms with Crippen LogP contribution in [0.1, 0.15) is 24.3 Å². The molecule has 0 radical (unpaired) electrons. The molecule has 5 heteroatoms. The Labute approximate surface area is 108 Å². The number of hydrogen-bond donors (Lipinski definition) is 1. The number of hydrogen-bond acceptors (Lipinski definition) is 5. The van der Waals surface area contributed by atoms with Crippen molar-refractivity contribution in [1.82, 2.24) is 20.3 Å². The lowest BCUT2D eigenvalue weighted by molar-refractivity contribution is 0.0922. The third kappa shape index (κ3) is 2.58. The highest BCUT2D eigenvalue weighted by atomic mass is 16.5. The number of nitrogens with one attached hydrogen (secondary N) is 1. The zero-order valence-corrected chi connectivity index (χ0v) is 11.1. The lowest BCUT2D eigenvalue weighted by atomic mass is 10.1. The van der Waals surface area contributed by atoms with Gasteiger partial charge in [0.1, 0.15) is 0 Å². The van der Waals surface area contributed by atoms with E-state index in [9.17, 15) is 0 Å². The molecule has 3 rings (SSSR count). The molecule has 5 nitrogen and oxygen atoms in total. The summed E-state index contributed by atoms with van der Waals surface area (Å²) in [7, 11) is 1.92. The summed E-state index contributed by atoms with van der Waals surface area (Å²) in [6.45, 7) is 6.52. The van der Waals surface area contributed by atoms with Gasteiger partial charge >= 0.3 is 0 Å². The van der Waals surface area contributed by atoms with Gasteiger partial charge in [-0.3, -0.25) is 9.80 Å². The highest BCUT2D eigenvalue weighted by molar-refractivity contribution is 5.05. The highest BCUT2D eigenvalue weighted by Crippen LogP contribution is 2.22. The van der Waals surface area contributed by atoms with Crippen molar-refractivity contribution in [2.24, 2.45) is 0 Å². The van der Waals surface area contributed by atoms with E-state index in [0.717, 1.165) is 37.1 Å². The molecule has 3 heterocycles. The lowest BCUT2D eigenvalue weighted by Crippen LogP contribution is -2.49. The maximum Gasteiger partial charge on any atom is 0.151 e. The number of aromatic nitrogens is 1. The van der Waals surface area contributed by atoms with Crippen LogP contribution in [0.3, 0.4) is 0 Å². The molecule has 0 aliphatic carbocycles. The summed E-state index contributed by atoms with van der Waals surface area (Å²) in [5.74, 6) is 0.992. The third-order valence-corrected chi connectivity index (χ3v) is 4.02. The van der Waals surface area contributed by atoms with E-state index in [-0.39, 0.29) is 0 Å². The second-order valence-corrected chi connectivity index (χ2v) is 5.38. The van der Waals surface area contributed by atoms with Crippen molar-refractivity contribution in [2.45, 2.75) is 32.0 Å². The van der Waals surface area contributed by atoms with E-state index in [4.69, 9.17) is 4.52 Å². The van der Waals surface area contributed by atoms with Crippen LogP contribution in [0.4, 0.5) is 0 Å². The standard InChI is InChI=1S/C13H22N4O/c1-14-8-11-7-13(18-15-11)10-16-5-6-17-4-2-3-12(17)9-16/h7,12,14H,2-6,8-10H2,1H3. The van der Waals surface area contributed by atoms with Crippen LogP contribution < -0.4 is 5.32 Å². The number of fused-ring (bicyclic) bond motifs is 1. The Morgan fingerprint density at radius 1 is 1.44 bits per heavy atom. The maximum absolute atomic E-state index is 5.39. The van der Waals surface area contributed by atoms with Crippen molar-refractivity contribution >= 4 is 0 Å². The maximum atomic E-state index is 5.39. The first-order chi connectivity index (χ1) is 8.85. The smallest absolute Gasteiger partial charge is 0.151 e. The van der Waals surface area contributed by atoms with Crippen molar-refractivity contribution in [3.63, 3.8) is 0 Å². The van der Waals surface area contributed by atoms with E-state index in [1.54, 1.807) is 0 Å². The average molecular weight is 250 g/mol.